The van der Waals surface area contributed by atoms with Crippen LogP contribution in [0.15, 0.2) is 18.3 Å². The Kier molecular flexibility index (Phi) is 2.06. The maximum atomic E-state index is 9.99. The number of rotatable bonds is 1. The molecule has 0 aromatic carbocycles. The fraction of sp³-hybridized carbons (Fsp3) is 0.143. The quantitative estimate of drug-likeness (QED) is 0.620. The molecule has 4 heteroatoms. The van der Waals surface area contributed by atoms with Crippen molar-refractivity contribution in [2.75, 3.05) is 0 Å². The van der Waals surface area contributed by atoms with Crippen LogP contribution in [0, 0.1) is 6.92 Å². The summed E-state index contributed by atoms with van der Waals surface area (Å²) in [7, 11) is 0. The summed E-state index contributed by atoms with van der Waals surface area (Å²) in [6, 6.07) is 3.23. The summed E-state index contributed by atoms with van der Waals surface area (Å²) in [5.41, 5.74) is 0.961. The van der Waals surface area contributed by atoms with Gasteiger partial charge in [-0.2, -0.15) is 0 Å². The summed E-state index contributed by atoms with van der Waals surface area (Å²) in [5, 5.41) is 8.17. The minimum atomic E-state index is -1.35. The third kappa shape index (κ3) is 2.25. The number of pyridine rings is 1. The van der Waals surface area contributed by atoms with Gasteiger partial charge in [-0.3, -0.25) is 0 Å². The molecule has 1 aromatic rings. The van der Waals surface area contributed by atoms with Gasteiger partial charge in [0.05, 0.1) is 0 Å². The smallest absolute Gasteiger partial charge is 0.449 e. The molecule has 1 aromatic heterocycles. The molecule has 1 N–H and O–H groups in total. The third-order valence-electron chi connectivity index (χ3n) is 1.08. The van der Waals surface area contributed by atoms with E-state index < -0.39 is 6.16 Å². The highest BCUT2D eigenvalue weighted by Gasteiger charge is 1.99. The van der Waals surface area contributed by atoms with Gasteiger partial charge in [-0.15, -0.1) is 0 Å². The van der Waals surface area contributed by atoms with Gasteiger partial charge in [-0.05, 0) is 12.5 Å². The lowest BCUT2D eigenvalue weighted by Crippen LogP contribution is -2.04. The van der Waals surface area contributed by atoms with Gasteiger partial charge < -0.3 is 9.84 Å². The molecule has 0 spiro atoms. The highest BCUT2D eigenvalue weighted by atomic mass is 16.7. The Hall–Kier alpha value is -1.58. The van der Waals surface area contributed by atoms with Gasteiger partial charge in [0.25, 0.3) is 0 Å². The largest absolute Gasteiger partial charge is 0.512 e. The van der Waals surface area contributed by atoms with Crippen molar-refractivity contribution in [3.63, 3.8) is 0 Å². The lowest BCUT2D eigenvalue weighted by atomic mass is 10.3. The van der Waals surface area contributed by atoms with Crippen LogP contribution in [0.2, 0.25) is 0 Å². The molecule has 0 aliphatic heterocycles. The maximum Gasteiger partial charge on any atom is 0.512 e. The van der Waals surface area contributed by atoms with Crippen LogP contribution in [-0.4, -0.2) is 16.2 Å². The van der Waals surface area contributed by atoms with Crippen molar-refractivity contribution in [1.29, 1.82) is 0 Å². The number of hydrogen-bond acceptors (Lipinski definition) is 3. The normalized spacial score (nSPS) is 9.18. The first-order valence-electron chi connectivity index (χ1n) is 3.02. The number of nitrogens with zero attached hydrogens (tertiary/aromatic N) is 1. The Morgan fingerprint density at radius 2 is 2.36 bits per heavy atom. The van der Waals surface area contributed by atoms with Crippen LogP contribution in [0.3, 0.4) is 0 Å². The molecule has 1 heterocycles. The van der Waals surface area contributed by atoms with Crippen LogP contribution in [0.4, 0.5) is 4.79 Å². The van der Waals surface area contributed by atoms with E-state index in [1.807, 2.05) is 6.92 Å². The number of ether oxygens (including phenoxy) is 1. The summed E-state index contributed by atoms with van der Waals surface area (Å²) in [4.78, 5) is 13.7. The molecule has 58 valence electrons. The topological polar surface area (TPSA) is 59.4 Å². The van der Waals surface area contributed by atoms with E-state index in [4.69, 9.17) is 5.11 Å². The SMILES string of the molecule is Cc1ccc(OC(=O)O)nc1. The zero-order valence-corrected chi connectivity index (χ0v) is 5.94. The summed E-state index contributed by atoms with van der Waals surface area (Å²) in [5.74, 6) is 0.100. The Morgan fingerprint density at radius 1 is 1.64 bits per heavy atom. The second-order valence-electron chi connectivity index (χ2n) is 2.04. The van der Waals surface area contributed by atoms with Crippen molar-refractivity contribution in [3.8, 4) is 5.88 Å². The van der Waals surface area contributed by atoms with E-state index in [0.29, 0.717) is 0 Å². The molecular formula is C7H7NO3. The van der Waals surface area contributed by atoms with Crippen molar-refractivity contribution in [2.45, 2.75) is 6.92 Å². The third-order valence-corrected chi connectivity index (χ3v) is 1.08. The first-order chi connectivity index (χ1) is 5.18. The van der Waals surface area contributed by atoms with Crippen molar-refractivity contribution in [1.82, 2.24) is 4.98 Å². The monoisotopic (exact) mass is 153 g/mol. The molecule has 0 fully saturated rings. The average molecular weight is 153 g/mol. The lowest BCUT2D eigenvalue weighted by molar-refractivity contribution is 0.142. The summed E-state index contributed by atoms with van der Waals surface area (Å²) in [6.45, 7) is 1.86. The zero-order valence-electron chi connectivity index (χ0n) is 5.94. The number of hydrogen-bond donors (Lipinski definition) is 1. The van der Waals surface area contributed by atoms with Gasteiger partial charge in [0, 0.05) is 12.3 Å². The standard InChI is InChI=1S/C7H7NO3/c1-5-2-3-6(8-4-5)11-7(9)10/h2-4H,1H3,(H,9,10). The first kappa shape index (κ1) is 7.53. The van der Waals surface area contributed by atoms with Gasteiger partial charge in [0.2, 0.25) is 5.88 Å². The Bertz CT molecular complexity index is 255. The summed E-state index contributed by atoms with van der Waals surface area (Å²) in [6.07, 6.45) is 0.194. The predicted molar refractivity (Wildman–Crippen MR) is 37.6 cm³/mol. The maximum absolute atomic E-state index is 9.99. The Labute approximate surface area is 63.5 Å². The van der Waals surface area contributed by atoms with Crippen molar-refractivity contribution in [3.05, 3.63) is 23.9 Å². The molecule has 0 bridgehead atoms. The highest BCUT2D eigenvalue weighted by molar-refractivity contribution is 5.60. The molecule has 0 aliphatic carbocycles. The zero-order chi connectivity index (χ0) is 8.27. The van der Waals surface area contributed by atoms with Crippen LogP contribution in [0.25, 0.3) is 0 Å². The van der Waals surface area contributed by atoms with E-state index in [-0.39, 0.29) is 5.88 Å². The molecule has 1 rings (SSSR count). The molecule has 0 aliphatic rings. The van der Waals surface area contributed by atoms with E-state index in [9.17, 15) is 4.79 Å². The van der Waals surface area contributed by atoms with Crippen LogP contribution >= 0.6 is 0 Å². The van der Waals surface area contributed by atoms with Crippen LogP contribution in [0.1, 0.15) is 5.56 Å². The van der Waals surface area contributed by atoms with Crippen molar-refractivity contribution in [2.24, 2.45) is 0 Å². The minimum Gasteiger partial charge on any atom is -0.449 e. The second kappa shape index (κ2) is 3.01. The summed E-state index contributed by atoms with van der Waals surface area (Å²) >= 11 is 0. The molecule has 0 atom stereocenters. The van der Waals surface area contributed by atoms with E-state index in [2.05, 4.69) is 9.72 Å². The van der Waals surface area contributed by atoms with Crippen LogP contribution in [0.5, 0.6) is 5.88 Å². The molecule has 0 unspecified atom stereocenters. The Morgan fingerprint density at radius 3 is 2.82 bits per heavy atom. The van der Waals surface area contributed by atoms with Crippen LogP contribution < -0.4 is 4.74 Å². The van der Waals surface area contributed by atoms with Gasteiger partial charge >= 0.3 is 6.16 Å². The molecule has 0 radical (unpaired) electrons. The predicted octanol–water partition coefficient (Wildman–Crippen LogP) is 1.45. The van der Waals surface area contributed by atoms with E-state index in [1.54, 1.807) is 6.07 Å². The number of carboxylic acid groups (broad SMARTS) is 1. The molecule has 0 saturated heterocycles. The van der Waals surface area contributed by atoms with Gasteiger partial charge in [-0.25, -0.2) is 9.78 Å². The number of aryl methyl sites for hydroxylation is 1. The van der Waals surface area contributed by atoms with Gasteiger partial charge in [0.1, 0.15) is 0 Å². The average Bonchev–Trinajstić information content (AvgIpc) is 1.93. The number of aromatic nitrogens is 1. The fourth-order valence-electron chi connectivity index (χ4n) is 0.604. The van der Waals surface area contributed by atoms with E-state index in [1.165, 1.54) is 12.3 Å². The minimum absolute atomic E-state index is 0.100. The molecule has 11 heavy (non-hydrogen) atoms. The van der Waals surface area contributed by atoms with Gasteiger partial charge in [-0.1, -0.05) is 6.07 Å². The Balaban J connectivity index is 2.74. The molecule has 0 saturated carbocycles. The van der Waals surface area contributed by atoms with Crippen molar-refractivity contribution >= 4 is 6.16 Å². The first-order valence-corrected chi connectivity index (χ1v) is 3.02. The van der Waals surface area contributed by atoms with Crippen LogP contribution in [-0.2, 0) is 0 Å². The highest BCUT2D eigenvalue weighted by Crippen LogP contribution is 2.05. The molecule has 0 amide bonds. The number of carbonyl (C=O) groups is 1. The van der Waals surface area contributed by atoms with Crippen molar-refractivity contribution < 1.29 is 14.6 Å². The molecule has 4 nitrogen and oxygen atoms in total. The van der Waals surface area contributed by atoms with E-state index in [0.717, 1.165) is 5.56 Å². The molecular weight excluding hydrogens is 146 g/mol. The summed E-state index contributed by atoms with van der Waals surface area (Å²) < 4.78 is 4.27. The second-order valence-corrected chi connectivity index (χ2v) is 2.04. The van der Waals surface area contributed by atoms with Gasteiger partial charge in [0.15, 0.2) is 0 Å². The van der Waals surface area contributed by atoms with E-state index >= 15 is 0 Å². The fourth-order valence-corrected chi connectivity index (χ4v) is 0.604. The lowest BCUT2D eigenvalue weighted by Gasteiger charge is -1.96.